The third-order valence-corrected chi connectivity index (χ3v) is 6.62. The van der Waals surface area contributed by atoms with Crippen molar-refractivity contribution < 1.29 is 4.79 Å². The summed E-state index contributed by atoms with van der Waals surface area (Å²) in [7, 11) is 0. The second-order valence-corrected chi connectivity index (χ2v) is 8.46. The largest absolute Gasteiger partial charge is 0.342 e. The van der Waals surface area contributed by atoms with Crippen molar-refractivity contribution in [1.29, 1.82) is 0 Å². The van der Waals surface area contributed by atoms with Crippen LogP contribution in [0.25, 0.3) is 0 Å². The highest BCUT2D eigenvalue weighted by atomic mass is 32.1. The maximum Gasteiger partial charge on any atom is 0.222 e. The number of hydrogen-bond donors (Lipinski definition) is 0. The molecule has 1 atom stereocenters. The molecular formula is C20H25N3OS. The molecule has 5 heteroatoms. The molecule has 4 nitrogen and oxygen atoms in total. The quantitative estimate of drug-likeness (QED) is 0.840. The number of hydrogen-bond acceptors (Lipinski definition) is 4. The van der Waals surface area contributed by atoms with E-state index in [0.717, 1.165) is 57.4 Å². The Bertz CT molecular complexity index is 754. The highest BCUT2D eigenvalue weighted by molar-refractivity contribution is 7.09. The summed E-state index contributed by atoms with van der Waals surface area (Å²) in [4.78, 5) is 25.3. The number of piperidine rings is 1. The number of carbonyl (C=O) groups is 1. The number of aryl methyl sites for hydroxylation is 3. The predicted octanol–water partition coefficient (Wildman–Crippen LogP) is 3.68. The molecule has 2 aliphatic rings. The molecule has 25 heavy (non-hydrogen) atoms. The maximum atomic E-state index is 12.7. The lowest BCUT2D eigenvalue weighted by atomic mass is 9.77. The number of thiophene rings is 1. The highest BCUT2D eigenvalue weighted by Crippen LogP contribution is 2.43. The zero-order valence-corrected chi connectivity index (χ0v) is 15.6. The van der Waals surface area contributed by atoms with Crippen molar-refractivity contribution in [3.05, 3.63) is 45.7 Å². The lowest BCUT2D eigenvalue weighted by Gasteiger charge is -2.40. The SMILES string of the molecule is Cc1ncc2c(n1)C1(CCCN(C(=O)CCCc3cccs3)C1)CC2. The van der Waals surface area contributed by atoms with Gasteiger partial charge >= 0.3 is 0 Å². The van der Waals surface area contributed by atoms with Crippen LogP contribution < -0.4 is 0 Å². The van der Waals surface area contributed by atoms with E-state index in [9.17, 15) is 4.79 Å². The fourth-order valence-corrected chi connectivity index (χ4v) is 5.15. The van der Waals surface area contributed by atoms with Crippen LogP contribution in [-0.4, -0.2) is 33.9 Å². The summed E-state index contributed by atoms with van der Waals surface area (Å²) < 4.78 is 0. The first kappa shape index (κ1) is 16.7. The molecule has 0 aromatic carbocycles. The van der Waals surface area contributed by atoms with Crippen molar-refractivity contribution in [2.45, 2.75) is 57.3 Å². The van der Waals surface area contributed by atoms with E-state index in [2.05, 4.69) is 27.4 Å². The lowest BCUT2D eigenvalue weighted by Crippen LogP contribution is -2.48. The zero-order valence-electron chi connectivity index (χ0n) is 14.8. The van der Waals surface area contributed by atoms with E-state index in [0.29, 0.717) is 12.3 Å². The Balaban J connectivity index is 1.41. The fourth-order valence-electron chi connectivity index (χ4n) is 4.40. The summed E-state index contributed by atoms with van der Waals surface area (Å²) in [5.74, 6) is 1.16. The van der Waals surface area contributed by atoms with Crippen LogP contribution in [0.2, 0.25) is 0 Å². The molecule has 132 valence electrons. The monoisotopic (exact) mass is 355 g/mol. The molecule has 0 N–H and O–H groups in total. The summed E-state index contributed by atoms with van der Waals surface area (Å²) in [5.41, 5.74) is 2.58. The first-order valence-electron chi connectivity index (χ1n) is 9.29. The minimum absolute atomic E-state index is 0.0741. The summed E-state index contributed by atoms with van der Waals surface area (Å²) in [5, 5.41) is 2.10. The molecule has 4 rings (SSSR count). The third-order valence-electron chi connectivity index (χ3n) is 5.68. The molecule has 1 saturated heterocycles. The van der Waals surface area contributed by atoms with Gasteiger partial charge in [-0.3, -0.25) is 4.79 Å². The zero-order chi connectivity index (χ0) is 17.3. The molecule has 1 unspecified atom stereocenters. The second-order valence-electron chi connectivity index (χ2n) is 7.42. The van der Waals surface area contributed by atoms with Gasteiger partial charge in [0.1, 0.15) is 5.82 Å². The number of likely N-dealkylation sites (tertiary alicyclic amines) is 1. The molecule has 2 aromatic rings. The van der Waals surface area contributed by atoms with Crippen molar-refractivity contribution in [2.24, 2.45) is 0 Å². The number of amides is 1. The topological polar surface area (TPSA) is 46.1 Å². The van der Waals surface area contributed by atoms with E-state index < -0.39 is 0 Å². The van der Waals surface area contributed by atoms with Crippen molar-refractivity contribution in [2.75, 3.05) is 13.1 Å². The van der Waals surface area contributed by atoms with Gasteiger partial charge in [0.2, 0.25) is 5.91 Å². The average molecular weight is 356 g/mol. The van der Waals surface area contributed by atoms with Crippen LogP contribution in [0.4, 0.5) is 0 Å². The molecule has 0 saturated carbocycles. The van der Waals surface area contributed by atoms with Crippen LogP contribution in [0.15, 0.2) is 23.7 Å². The van der Waals surface area contributed by atoms with Crippen LogP contribution in [0.1, 0.15) is 54.1 Å². The Kier molecular flexibility index (Phi) is 4.59. The average Bonchev–Trinajstić information content (AvgIpc) is 3.24. The smallest absolute Gasteiger partial charge is 0.222 e. The van der Waals surface area contributed by atoms with Crippen LogP contribution in [-0.2, 0) is 23.1 Å². The van der Waals surface area contributed by atoms with Gasteiger partial charge in [-0.1, -0.05) is 6.07 Å². The van der Waals surface area contributed by atoms with Gasteiger partial charge in [-0.2, -0.15) is 0 Å². The van der Waals surface area contributed by atoms with E-state index in [4.69, 9.17) is 4.98 Å². The molecule has 1 amide bonds. The lowest BCUT2D eigenvalue weighted by molar-refractivity contribution is -0.133. The molecular weight excluding hydrogens is 330 g/mol. The van der Waals surface area contributed by atoms with Gasteiger partial charge in [-0.05, 0) is 62.5 Å². The van der Waals surface area contributed by atoms with Gasteiger partial charge in [0, 0.05) is 36.0 Å². The normalized spacial score (nSPS) is 22.4. The predicted molar refractivity (Wildman–Crippen MR) is 99.8 cm³/mol. The Morgan fingerprint density at radius 1 is 1.40 bits per heavy atom. The van der Waals surface area contributed by atoms with Crippen molar-refractivity contribution in [3.8, 4) is 0 Å². The molecule has 2 aromatic heterocycles. The maximum absolute atomic E-state index is 12.7. The van der Waals surface area contributed by atoms with Gasteiger partial charge in [-0.25, -0.2) is 9.97 Å². The first-order chi connectivity index (χ1) is 12.2. The van der Waals surface area contributed by atoms with Crippen LogP contribution in [0.5, 0.6) is 0 Å². The Labute approximate surface area is 153 Å². The van der Waals surface area contributed by atoms with Crippen LogP contribution >= 0.6 is 11.3 Å². The van der Waals surface area contributed by atoms with E-state index >= 15 is 0 Å². The van der Waals surface area contributed by atoms with Crippen LogP contribution in [0, 0.1) is 6.92 Å². The Hall–Kier alpha value is -1.75. The van der Waals surface area contributed by atoms with Crippen molar-refractivity contribution in [1.82, 2.24) is 14.9 Å². The molecule has 0 bridgehead atoms. The van der Waals surface area contributed by atoms with E-state index in [1.807, 2.05) is 13.1 Å². The van der Waals surface area contributed by atoms with Gasteiger partial charge < -0.3 is 4.90 Å². The number of carbonyl (C=O) groups excluding carboxylic acids is 1. The van der Waals surface area contributed by atoms with E-state index in [-0.39, 0.29) is 5.41 Å². The summed E-state index contributed by atoms with van der Waals surface area (Å²) in [6, 6.07) is 4.24. The Morgan fingerprint density at radius 3 is 3.16 bits per heavy atom. The van der Waals surface area contributed by atoms with Crippen molar-refractivity contribution in [3.63, 3.8) is 0 Å². The molecule has 3 heterocycles. The second kappa shape index (κ2) is 6.87. The van der Waals surface area contributed by atoms with Gasteiger partial charge in [0.15, 0.2) is 0 Å². The number of fused-ring (bicyclic) bond motifs is 2. The number of rotatable bonds is 4. The Morgan fingerprint density at radius 2 is 2.32 bits per heavy atom. The minimum atomic E-state index is 0.0741. The van der Waals surface area contributed by atoms with E-state index in [1.54, 1.807) is 11.3 Å². The van der Waals surface area contributed by atoms with Gasteiger partial charge in [-0.15, -0.1) is 11.3 Å². The number of aromatic nitrogens is 2. The standard InChI is InChI=1S/C20H25N3OS/c1-15-21-13-16-8-10-20(19(16)22-15)9-4-11-23(14-20)18(24)7-2-5-17-6-3-12-25-17/h3,6,12-13H,2,4-5,7-11,14H2,1H3. The van der Waals surface area contributed by atoms with E-state index in [1.165, 1.54) is 16.1 Å². The summed E-state index contributed by atoms with van der Waals surface area (Å²) in [6.07, 6.45) is 9.00. The van der Waals surface area contributed by atoms with Gasteiger partial charge in [0.25, 0.3) is 0 Å². The fraction of sp³-hybridized carbons (Fsp3) is 0.550. The summed E-state index contributed by atoms with van der Waals surface area (Å²) in [6.45, 7) is 3.70. The third kappa shape index (κ3) is 3.34. The number of nitrogens with zero attached hydrogens (tertiary/aromatic N) is 3. The first-order valence-corrected chi connectivity index (χ1v) is 10.2. The van der Waals surface area contributed by atoms with Crippen molar-refractivity contribution >= 4 is 17.2 Å². The molecule has 0 radical (unpaired) electrons. The molecule has 1 aliphatic heterocycles. The summed E-state index contributed by atoms with van der Waals surface area (Å²) >= 11 is 1.78. The molecule has 1 aliphatic carbocycles. The van der Waals surface area contributed by atoms with Crippen LogP contribution in [0.3, 0.4) is 0 Å². The minimum Gasteiger partial charge on any atom is -0.342 e. The molecule has 1 fully saturated rings. The van der Waals surface area contributed by atoms with Gasteiger partial charge in [0.05, 0.1) is 5.69 Å². The molecule has 1 spiro atoms. The highest BCUT2D eigenvalue weighted by Gasteiger charge is 2.44.